The van der Waals surface area contributed by atoms with Gasteiger partial charge in [0.2, 0.25) is 5.91 Å². The van der Waals surface area contributed by atoms with Crippen molar-refractivity contribution in [2.24, 2.45) is 0 Å². The summed E-state index contributed by atoms with van der Waals surface area (Å²) in [6.07, 6.45) is 0.132. The van der Waals surface area contributed by atoms with Gasteiger partial charge in [-0.2, -0.15) is 11.8 Å². The Morgan fingerprint density at radius 3 is 2.17 bits per heavy atom. The second kappa shape index (κ2) is 9.08. The molecule has 2 amide bonds. The van der Waals surface area contributed by atoms with E-state index in [0.717, 1.165) is 11.5 Å². The Morgan fingerprint density at radius 2 is 1.67 bits per heavy atom. The van der Waals surface area contributed by atoms with Crippen LogP contribution in [-0.2, 0) is 9.53 Å². The van der Waals surface area contributed by atoms with Crippen molar-refractivity contribution >= 4 is 23.8 Å². The second-order valence-electron chi connectivity index (χ2n) is 4.74. The highest BCUT2D eigenvalue weighted by molar-refractivity contribution is 7.99. The lowest BCUT2D eigenvalue weighted by Crippen LogP contribution is -2.33. The minimum atomic E-state index is -0.457. The molecule has 0 aromatic heterocycles. The predicted molar refractivity (Wildman–Crippen MR) is 74.9 cm³/mol. The van der Waals surface area contributed by atoms with Crippen LogP contribution in [0.2, 0.25) is 0 Å². The molecule has 0 saturated heterocycles. The largest absolute Gasteiger partial charge is 0.444 e. The molecule has 0 atom stereocenters. The van der Waals surface area contributed by atoms with E-state index in [4.69, 9.17) is 4.74 Å². The van der Waals surface area contributed by atoms with Gasteiger partial charge in [-0.3, -0.25) is 4.79 Å². The van der Waals surface area contributed by atoms with Gasteiger partial charge in [-0.1, -0.05) is 6.92 Å². The molecular weight excluding hydrogens is 252 g/mol. The predicted octanol–water partition coefficient (Wildman–Crippen LogP) is 1.77. The fourth-order valence-electron chi connectivity index (χ4n) is 1.03. The number of amides is 2. The van der Waals surface area contributed by atoms with Gasteiger partial charge in [-0.25, -0.2) is 4.79 Å². The Morgan fingerprint density at radius 1 is 1.11 bits per heavy atom. The molecule has 0 unspecified atom stereocenters. The molecule has 0 aromatic rings. The first-order chi connectivity index (χ1) is 8.35. The molecule has 6 heteroatoms. The number of carbonyl (C=O) groups is 2. The molecule has 0 bridgehead atoms. The third-order valence-corrected chi connectivity index (χ3v) is 2.79. The molecule has 0 rings (SSSR count). The van der Waals surface area contributed by atoms with Crippen LogP contribution in [0.1, 0.15) is 34.1 Å². The van der Waals surface area contributed by atoms with E-state index in [0.29, 0.717) is 19.5 Å². The zero-order valence-corrected chi connectivity index (χ0v) is 12.5. The number of alkyl carbamates (subject to hydrolysis) is 1. The zero-order valence-electron chi connectivity index (χ0n) is 11.7. The summed E-state index contributed by atoms with van der Waals surface area (Å²) in [5.74, 6) is 1.73. The molecule has 0 heterocycles. The van der Waals surface area contributed by atoms with Crippen molar-refractivity contribution in [1.82, 2.24) is 10.6 Å². The van der Waals surface area contributed by atoms with E-state index in [9.17, 15) is 9.59 Å². The third kappa shape index (κ3) is 11.6. The van der Waals surface area contributed by atoms with Gasteiger partial charge in [-0.05, 0) is 20.8 Å². The number of hydrogen-bond donors (Lipinski definition) is 2. The standard InChI is InChI=1S/C12H24N2O3S/c1-5-10(15)13-6-8-18-9-7-14-11(16)17-12(2,3)4/h5-9H2,1-4H3,(H,13,15)(H,14,16). The molecule has 0 radical (unpaired) electrons. The van der Waals surface area contributed by atoms with Crippen LogP contribution in [0.3, 0.4) is 0 Å². The second-order valence-corrected chi connectivity index (χ2v) is 5.97. The summed E-state index contributed by atoms with van der Waals surface area (Å²) in [5, 5.41) is 5.47. The Balaban J connectivity index is 3.35. The minimum absolute atomic E-state index is 0.0717. The molecule has 5 nitrogen and oxygen atoms in total. The molecule has 0 spiro atoms. The number of rotatable bonds is 7. The van der Waals surface area contributed by atoms with Gasteiger partial charge in [0.1, 0.15) is 5.60 Å². The number of hydrogen-bond acceptors (Lipinski definition) is 4. The van der Waals surface area contributed by atoms with E-state index in [2.05, 4.69) is 10.6 Å². The van der Waals surface area contributed by atoms with E-state index in [-0.39, 0.29) is 12.0 Å². The van der Waals surface area contributed by atoms with E-state index in [1.54, 1.807) is 11.8 Å². The van der Waals surface area contributed by atoms with Crippen LogP contribution in [0.25, 0.3) is 0 Å². The first-order valence-corrected chi connectivity index (χ1v) is 7.32. The maximum atomic E-state index is 11.3. The Kier molecular flexibility index (Phi) is 8.62. The fraction of sp³-hybridized carbons (Fsp3) is 0.833. The van der Waals surface area contributed by atoms with Gasteiger partial charge < -0.3 is 15.4 Å². The molecule has 2 N–H and O–H groups in total. The molecule has 0 aliphatic carbocycles. The number of ether oxygens (including phenoxy) is 1. The minimum Gasteiger partial charge on any atom is -0.444 e. The maximum absolute atomic E-state index is 11.3. The summed E-state index contributed by atoms with van der Waals surface area (Å²) in [6, 6.07) is 0. The Hall–Kier alpha value is -0.910. The van der Waals surface area contributed by atoms with Crippen LogP contribution < -0.4 is 10.6 Å². The first-order valence-electron chi connectivity index (χ1n) is 6.16. The molecular formula is C12H24N2O3S. The lowest BCUT2D eigenvalue weighted by atomic mass is 10.2. The van der Waals surface area contributed by atoms with Crippen LogP contribution >= 0.6 is 11.8 Å². The fourth-order valence-corrected chi connectivity index (χ4v) is 1.73. The van der Waals surface area contributed by atoms with Crippen molar-refractivity contribution in [3.8, 4) is 0 Å². The quantitative estimate of drug-likeness (QED) is 0.695. The lowest BCUT2D eigenvalue weighted by Gasteiger charge is -2.19. The third-order valence-electron chi connectivity index (χ3n) is 1.80. The van der Waals surface area contributed by atoms with Gasteiger partial charge in [0.05, 0.1) is 0 Å². The Bertz CT molecular complexity index is 265. The van der Waals surface area contributed by atoms with Crippen LogP contribution in [-0.4, -0.2) is 42.2 Å². The number of thioether (sulfide) groups is 1. The summed E-state index contributed by atoms with van der Waals surface area (Å²) in [5.41, 5.74) is -0.457. The normalized spacial score (nSPS) is 10.9. The lowest BCUT2D eigenvalue weighted by molar-refractivity contribution is -0.120. The van der Waals surface area contributed by atoms with Gasteiger partial charge in [-0.15, -0.1) is 0 Å². The first kappa shape index (κ1) is 17.1. The van der Waals surface area contributed by atoms with Gasteiger partial charge in [0.15, 0.2) is 0 Å². The summed E-state index contributed by atoms with van der Waals surface area (Å²) in [4.78, 5) is 22.2. The molecule has 0 aromatic carbocycles. The highest BCUT2D eigenvalue weighted by Crippen LogP contribution is 2.06. The molecule has 18 heavy (non-hydrogen) atoms. The summed E-state index contributed by atoms with van der Waals surface area (Å²) >= 11 is 1.68. The van der Waals surface area contributed by atoms with Gasteiger partial charge in [0.25, 0.3) is 0 Å². The van der Waals surface area contributed by atoms with Crippen LogP contribution in [0.5, 0.6) is 0 Å². The van der Waals surface area contributed by atoms with E-state index in [1.165, 1.54) is 0 Å². The van der Waals surface area contributed by atoms with Crippen molar-refractivity contribution < 1.29 is 14.3 Å². The SMILES string of the molecule is CCC(=O)NCCSCCNC(=O)OC(C)(C)C. The van der Waals surface area contributed by atoms with Crippen molar-refractivity contribution in [3.63, 3.8) is 0 Å². The van der Waals surface area contributed by atoms with Crippen LogP contribution in [0.4, 0.5) is 4.79 Å². The van der Waals surface area contributed by atoms with Gasteiger partial charge in [0, 0.05) is 31.0 Å². The molecule has 0 fully saturated rings. The van der Waals surface area contributed by atoms with Crippen molar-refractivity contribution in [1.29, 1.82) is 0 Å². The molecule has 0 aliphatic heterocycles. The number of nitrogens with one attached hydrogen (secondary N) is 2. The molecule has 0 aliphatic rings. The van der Waals surface area contributed by atoms with Gasteiger partial charge >= 0.3 is 6.09 Å². The number of carbonyl (C=O) groups excluding carboxylic acids is 2. The molecule has 0 saturated carbocycles. The van der Waals surface area contributed by atoms with Crippen LogP contribution in [0, 0.1) is 0 Å². The summed E-state index contributed by atoms with van der Waals surface area (Å²) < 4.78 is 5.10. The highest BCUT2D eigenvalue weighted by Gasteiger charge is 2.15. The maximum Gasteiger partial charge on any atom is 0.407 e. The molecule has 106 valence electrons. The summed E-state index contributed by atoms with van der Waals surface area (Å²) in [7, 11) is 0. The van der Waals surface area contributed by atoms with Crippen LogP contribution in [0.15, 0.2) is 0 Å². The average Bonchev–Trinajstić information content (AvgIpc) is 2.25. The topological polar surface area (TPSA) is 67.4 Å². The van der Waals surface area contributed by atoms with E-state index < -0.39 is 5.60 Å². The monoisotopic (exact) mass is 276 g/mol. The van der Waals surface area contributed by atoms with E-state index in [1.807, 2.05) is 27.7 Å². The summed E-state index contributed by atoms with van der Waals surface area (Å²) in [6.45, 7) is 8.56. The van der Waals surface area contributed by atoms with Crippen molar-refractivity contribution in [3.05, 3.63) is 0 Å². The van der Waals surface area contributed by atoms with Crippen molar-refractivity contribution in [2.75, 3.05) is 24.6 Å². The zero-order chi connectivity index (χ0) is 14.0. The smallest absolute Gasteiger partial charge is 0.407 e. The Labute approximate surface area is 113 Å². The highest BCUT2D eigenvalue weighted by atomic mass is 32.2. The van der Waals surface area contributed by atoms with E-state index >= 15 is 0 Å². The van der Waals surface area contributed by atoms with Crippen molar-refractivity contribution in [2.45, 2.75) is 39.7 Å². The average molecular weight is 276 g/mol.